The molecule has 1 aliphatic heterocycles. The molecule has 0 atom stereocenters. The van der Waals surface area contributed by atoms with E-state index >= 15 is 0 Å². The highest BCUT2D eigenvalue weighted by atomic mass is 32.2. The maximum Gasteiger partial charge on any atom is 0.167 e. The smallest absolute Gasteiger partial charge is 0.167 e. The quantitative estimate of drug-likeness (QED) is 0.472. The van der Waals surface area contributed by atoms with Crippen molar-refractivity contribution in [2.24, 2.45) is 0 Å². The zero-order valence-electron chi connectivity index (χ0n) is 17.7. The van der Waals surface area contributed by atoms with Gasteiger partial charge in [0.1, 0.15) is 17.2 Å². The zero-order valence-corrected chi connectivity index (χ0v) is 18.6. The number of sulfone groups is 1. The monoisotopic (exact) mass is 450 g/mol. The molecule has 4 aromatic rings. The van der Waals surface area contributed by atoms with E-state index in [2.05, 4.69) is 16.1 Å². The molecule has 5 rings (SSSR count). The van der Waals surface area contributed by atoms with Crippen LogP contribution in [0, 0.1) is 6.92 Å². The van der Waals surface area contributed by atoms with Gasteiger partial charge in [-0.15, -0.1) is 0 Å². The van der Waals surface area contributed by atoms with Crippen molar-refractivity contribution in [2.45, 2.75) is 13.8 Å². The fourth-order valence-corrected chi connectivity index (χ4v) is 5.30. The van der Waals surface area contributed by atoms with E-state index in [1.807, 2.05) is 30.0 Å². The number of Topliss-reactive ketones (excluding diaryl/α,β-unsaturated/α-hetero) is 1. The minimum absolute atomic E-state index is 0.0111. The third-order valence-corrected chi connectivity index (χ3v) is 7.42. The van der Waals surface area contributed by atoms with Gasteiger partial charge in [0.25, 0.3) is 0 Å². The van der Waals surface area contributed by atoms with Crippen LogP contribution in [-0.4, -0.2) is 58.4 Å². The lowest BCUT2D eigenvalue weighted by Crippen LogP contribution is -2.41. The summed E-state index contributed by atoms with van der Waals surface area (Å²) in [5.41, 5.74) is 10.7. The van der Waals surface area contributed by atoms with E-state index in [1.165, 1.54) is 11.4 Å². The van der Waals surface area contributed by atoms with Crippen molar-refractivity contribution in [2.75, 3.05) is 35.2 Å². The highest BCUT2D eigenvalue weighted by Crippen LogP contribution is 2.32. The Morgan fingerprint density at radius 3 is 2.59 bits per heavy atom. The molecule has 4 heterocycles. The zero-order chi connectivity index (χ0) is 22.6. The van der Waals surface area contributed by atoms with Crippen molar-refractivity contribution in [3.63, 3.8) is 0 Å². The van der Waals surface area contributed by atoms with Crippen molar-refractivity contribution in [1.29, 1.82) is 0 Å². The highest BCUT2D eigenvalue weighted by Gasteiger charge is 2.28. The number of pyridine rings is 1. The molecular formula is C22H22N6O3S. The van der Waals surface area contributed by atoms with Gasteiger partial charge in [-0.2, -0.15) is 9.61 Å². The molecule has 2 N–H and O–H groups in total. The molecule has 3 aromatic heterocycles. The van der Waals surface area contributed by atoms with Gasteiger partial charge < -0.3 is 10.6 Å². The Bertz CT molecular complexity index is 1500. The molecule has 1 aliphatic rings. The van der Waals surface area contributed by atoms with Gasteiger partial charge in [0.15, 0.2) is 21.3 Å². The van der Waals surface area contributed by atoms with Crippen molar-refractivity contribution >= 4 is 43.8 Å². The van der Waals surface area contributed by atoms with Crippen LogP contribution in [0.1, 0.15) is 22.8 Å². The number of aromatic nitrogens is 4. The number of ketones is 1. The third kappa shape index (κ3) is 3.36. The second-order valence-corrected chi connectivity index (χ2v) is 10.4. The largest absolute Gasteiger partial charge is 0.383 e. The van der Waals surface area contributed by atoms with E-state index in [1.54, 1.807) is 12.4 Å². The molecule has 9 nitrogen and oxygen atoms in total. The number of nitrogen functional groups attached to an aromatic ring is 1. The predicted molar refractivity (Wildman–Crippen MR) is 124 cm³/mol. The first-order valence-electron chi connectivity index (χ1n) is 10.2. The molecule has 0 bridgehead atoms. The first kappa shape index (κ1) is 20.4. The van der Waals surface area contributed by atoms with E-state index in [9.17, 15) is 13.2 Å². The summed E-state index contributed by atoms with van der Waals surface area (Å²) < 4.78 is 25.2. The predicted octanol–water partition coefficient (Wildman–Crippen LogP) is 2.27. The lowest BCUT2D eigenvalue weighted by Gasteiger charge is -2.29. The lowest BCUT2D eigenvalue weighted by molar-refractivity contribution is 0.101. The number of fused-ring (bicyclic) bond motifs is 2. The van der Waals surface area contributed by atoms with E-state index in [0.717, 1.165) is 27.6 Å². The number of benzene rings is 1. The number of carbonyl (C=O) groups excluding carboxylic acids is 1. The fourth-order valence-electron chi connectivity index (χ4n) is 4.10. The Balaban J connectivity index is 1.69. The van der Waals surface area contributed by atoms with Gasteiger partial charge >= 0.3 is 0 Å². The maximum absolute atomic E-state index is 12.4. The number of hydrogen-bond acceptors (Lipinski definition) is 8. The highest BCUT2D eigenvalue weighted by molar-refractivity contribution is 7.91. The van der Waals surface area contributed by atoms with Crippen LogP contribution < -0.4 is 10.6 Å². The summed E-state index contributed by atoms with van der Waals surface area (Å²) in [5.74, 6) is 0.347. The minimum Gasteiger partial charge on any atom is -0.383 e. The average molecular weight is 451 g/mol. The van der Waals surface area contributed by atoms with E-state index in [4.69, 9.17) is 10.7 Å². The second kappa shape index (κ2) is 7.27. The summed E-state index contributed by atoms with van der Waals surface area (Å²) in [6, 6.07) is 8.08. The Kier molecular flexibility index (Phi) is 4.63. The summed E-state index contributed by atoms with van der Waals surface area (Å²) in [5, 5.41) is 5.38. The number of carbonyl (C=O) groups is 1. The molecule has 0 radical (unpaired) electrons. The van der Waals surface area contributed by atoms with Crippen molar-refractivity contribution in [3.05, 3.63) is 47.8 Å². The van der Waals surface area contributed by atoms with E-state index < -0.39 is 9.84 Å². The standard InChI is InChI=1S/C22H22N6O3S/c1-13-3-4-18-15(9-13)10-16(11-24-18)17-12-25-28-20(23)19(14(2)29)22(26-21(17)28)27-5-7-32(30,31)8-6-27/h3-4,9-12H,5-8,23H2,1-2H3. The van der Waals surface area contributed by atoms with Crippen LogP contribution >= 0.6 is 0 Å². The molecule has 1 saturated heterocycles. The van der Waals surface area contributed by atoms with Crippen LogP contribution in [0.5, 0.6) is 0 Å². The van der Waals surface area contributed by atoms with Crippen LogP contribution in [0.3, 0.4) is 0 Å². The minimum atomic E-state index is -3.09. The summed E-state index contributed by atoms with van der Waals surface area (Å²) in [6.07, 6.45) is 3.42. The van der Waals surface area contributed by atoms with Gasteiger partial charge in [-0.05, 0) is 32.0 Å². The molecule has 0 aliphatic carbocycles. The van der Waals surface area contributed by atoms with Crippen LogP contribution in [0.4, 0.5) is 11.6 Å². The molecule has 164 valence electrons. The number of nitrogens with two attached hydrogens (primary N) is 1. The third-order valence-electron chi connectivity index (χ3n) is 5.81. The van der Waals surface area contributed by atoms with Crippen LogP contribution in [0.25, 0.3) is 27.7 Å². The molecule has 10 heteroatoms. The number of aryl methyl sites for hydroxylation is 1. The molecule has 0 saturated carbocycles. The fraction of sp³-hybridized carbons (Fsp3) is 0.273. The van der Waals surface area contributed by atoms with Crippen molar-refractivity contribution < 1.29 is 13.2 Å². The van der Waals surface area contributed by atoms with Gasteiger partial charge in [-0.3, -0.25) is 9.78 Å². The van der Waals surface area contributed by atoms with Crippen LogP contribution in [0.2, 0.25) is 0 Å². The summed E-state index contributed by atoms with van der Waals surface area (Å²) >= 11 is 0. The lowest BCUT2D eigenvalue weighted by atomic mass is 10.1. The summed E-state index contributed by atoms with van der Waals surface area (Å²) in [7, 11) is -3.09. The Hall–Kier alpha value is -3.53. The van der Waals surface area contributed by atoms with Crippen molar-refractivity contribution in [1.82, 2.24) is 19.6 Å². The number of hydrogen-bond donors (Lipinski definition) is 1. The van der Waals surface area contributed by atoms with Crippen LogP contribution in [-0.2, 0) is 9.84 Å². The topological polar surface area (TPSA) is 124 Å². The molecule has 0 unspecified atom stereocenters. The molecular weight excluding hydrogens is 428 g/mol. The Morgan fingerprint density at radius 2 is 1.88 bits per heavy atom. The van der Waals surface area contributed by atoms with Gasteiger partial charge in [-0.25, -0.2) is 13.4 Å². The van der Waals surface area contributed by atoms with Crippen molar-refractivity contribution in [3.8, 4) is 11.1 Å². The number of anilines is 2. The second-order valence-electron chi connectivity index (χ2n) is 8.10. The van der Waals surface area contributed by atoms with Crippen LogP contribution in [0.15, 0.2) is 36.7 Å². The molecule has 32 heavy (non-hydrogen) atoms. The summed E-state index contributed by atoms with van der Waals surface area (Å²) in [4.78, 5) is 23.6. The average Bonchev–Trinajstić information content (AvgIpc) is 3.17. The normalized spacial score (nSPS) is 16.0. The van der Waals surface area contributed by atoms with E-state index in [0.29, 0.717) is 11.5 Å². The first-order chi connectivity index (χ1) is 15.2. The molecule has 0 amide bonds. The van der Waals surface area contributed by atoms with Gasteiger partial charge in [0, 0.05) is 35.8 Å². The van der Waals surface area contributed by atoms with Gasteiger partial charge in [0.2, 0.25) is 0 Å². The summed E-state index contributed by atoms with van der Waals surface area (Å²) in [6.45, 7) is 3.96. The number of nitrogens with zero attached hydrogens (tertiary/aromatic N) is 5. The van der Waals surface area contributed by atoms with E-state index in [-0.39, 0.29) is 41.8 Å². The maximum atomic E-state index is 12.4. The Labute approximate surface area is 184 Å². The molecule has 1 fully saturated rings. The molecule has 0 spiro atoms. The SMILES string of the molecule is CC(=O)c1c(N2CCS(=O)(=O)CC2)nc2c(-c3cnc4ccc(C)cc4c3)cnn2c1N. The first-order valence-corrected chi connectivity index (χ1v) is 12.1. The number of rotatable bonds is 3. The van der Waals surface area contributed by atoms with Gasteiger partial charge in [-0.1, -0.05) is 11.6 Å². The Morgan fingerprint density at radius 1 is 1.12 bits per heavy atom. The van der Waals surface area contributed by atoms with Gasteiger partial charge in [0.05, 0.1) is 23.2 Å². The molecule has 1 aromatic carbocycles.